The number of aryl methyl sites for hydroxylation is 1. The van der Waals surface area contributed by atoms with Crippen molar-refractivity contribution < 1.29 is 14.6 Å². The Morgan fingerprint density at radius 2 is 2.05 bits per heavy atom. The Kier molecular flexibility index (Phi) is 3.44. The Labute approximate surface area is 125 Å². The predicted molar refractivity (Wildman–Crippen MR) is 80.4 cm³/mol. The molecule has 2 fully saturated rings. The molecule has 0 bridgehead atoms. The van der Waals surface area contributed by atoms with Crippen molar-refractivity contribution in [1.29, 1.82) is 0 Å². The minimum atomic E-state index is -0.382. The van der Waals surface area contributed by atoms with Crippen LogP contribution < -0.4 is 10.1 Å². The Morgan fingerprint density at radius 3 is 2.57 bits per heavy atom. The maximum absolute atomic E-state index is 12.6. The molecule has 0 saturated heterocycles. The molecule has 1 aromatic carbocycles. The number of hydrogen-bond donors (Lipinski definition) is 2. The average molecular weight is 289 g/mol. The van der Waals surface area contributed by atoms with Crippen molar-refractivity contribution in [1.82, 2.24) is 5.32 Å². The number of methoxy groups -OCH3 is 1. The molecule has 2 N–H and O–H groups in total. The molecule has 1 amide bonds. The van der Waals surface area contributed by atoms with Gasteiger partial charge in [0.1, 0.15) is 5.75 Å². The minimum absolute atomic E-state index is 0.0449. The van der Waals surface area contributed by atoms with Crippen LogP contribution in [0.2, 0.25) is 0 Å². The van der Waals surface area contributed by atoms with Gasteiger partial charge in [-0.3, -0.25) is 4.79 Å². The molecule has 4 nitrogen and oxygen atoms in total. The fourth-order valence-electron chi connectivity index (χ4n) is 2.89. The number of aliphatic hydroxyl groups excluding tert-OH is 1. The largest absolute Gasteiger partial charge is 0.496 e. The molecule has 2 saturated carbocycles. The third-order valence-corrected chi connectivity index (χ3v) is 5.06. The molecule has 2 aliphatic rings. The van der Waals surface area contributed by atoms with Crippen LogP contribution in [0.4, 0.5) is 0 Å². The van der Waals surface area contributed by atoms with Crippen LogP contribution in [0.15, 0.2) is 18.2 Å². The van der Waals surface area contributed by atoms with Crippen molar-refractivity contribution in [2.24, 2.45) is 5.41 Å². The average Bonchev–Trinajstić information content (AvgIpc) is 3.39. The van der Waals surface area contributed by atoms with E-state index in [1.807, 2.05) is 25.1 Å². The number of rotatable bonds is 6. The quantitative estimate of drug-likeness (QED) is 0.841. The molecule has 21 heavy (non-hydrogen) atoms. The van der Waals surface area contributed by atoms with Crippen LogP contribution in [-0.4, -0.2) is 31.3 Å². The molecule has 1 aromatic rings. The van der Waals surface area contributed by atoms with E-state index in [4.69, 9.17) is 4.74 Å². The lowest BCUT2D eigenvalue weighted by Crippen LogP contribution is -2.39. The van der Waals surface area contributed by atoms with Crippen LogP contribution in [0, 0.1) is 12.3 Å². The highest BCUT2D eigenvalue weighted by atomic mass is 16.5. The zero-order valence-electron chi connectivity index (χ0n) is 12.7. The number of hydrogen-bond acceptors (Lipinski definition) is 3. The van der Waals surface area contributed by atoms with E-state index < -0.39 is 0 Å². The van der Waals surface area contributed by atoms with E-state index in [0.717, 1.165) is 42.6 Å². The van der Waals surface area contributed by atoms with Crippen LogP contribution in [0.3, 0.4) is 0 Å². The molecular weight excluding hydrogens is 266 g/mol. The highest BCUT2D eigenvalue weighted by molar-refractivity contribution is 5.91. The molecule has 4 heteroatoms. The van der Waals surface area contributed by atoms with Gasteiger partial charge in [0.15, 0.2) is 0 Å². The van der Waals surface area contributed by atoms with E-state index in [9.17, 15) is 9.90 Å². The summed E-state index contributed by atoms with van der Waals surface area (Å²) >= 11 is 0. The van der Waals surface area contributed by atoms with E-state index in [1.165, 1.54) is 0 Å². The summed E-state index contributed by atoms with van der Waals surface area (Å²) < 4.78 is 5.37. The zero-order valence-corrected chi connectivity index (χ0v) is 12.7. The Balaban J connectivity index is 1.73. The van der Waals surface area contributed by atoms with Crippen LogP contribution in [0.1, 0.15) is 36.8 Å². The third kappa shape index (κ3) is 2.53. The van der Waals surface area contributed by atoms with Gasteiger partial charge in [-0.15, -0.1) is 0 Å². The number of nitrogens with one attached hydrogen (secondary N) is 1. The molecule has 0 radical (unpaired) electrons. The van der Waals surface area contributed by atoms with Crippen molar-refractivity contribution in [2.75, 3.05) is 20.3 Å². The zero-order chi connectivity index (χ0) is 15.1. The normalized spacial score (nSPS) is 20.7. The first kappa shape index (κ1) is 14.4. The summed E-state index contributed by atoms with van der Waals surface area (Å²) in [7, 11) is 1.66. The molecule has 0 atom stereocenters. The number of carbonyl (C=O) groups excluding carboxylic acids is 1. The van der Waals surface area contributed by atoms with Gasteiger partial charge < -0.3 is 15.2 Å². The van der Waals surface area contributed by atoms with E-state index >= 15 is 0 Å². The highest BCUT2D eigenvalue weighted by Crippen LogP contribution is 2.50. The second kappa shape index (κ2) is 5.02. The molecule has 0 aromatic heterocycles. The lowest BCUT2D eigenvalue weighted by Gasteiger charge is -2.19. The Bertz CT molecular complexity index is 559. The summed E-state index contributed by atoms with van der Waals surface area (Å²) in [6.07, 6.45) is 3.79. The summed E-state index contributed by atoms with van der Waals surface area (Å²) in [6.45, 7) is 2.76. The molecule has 0 spiro atoms. The van der Waals surface area contributed by atoms with Gasteiger partial charge in [-0.25, -0.2) is 0 Å². The van der Waals surface area contributed by atoms with E-state index in [2.05, 4.69) is 5.32 Å². The second-order valence-corrected chi connectivity index (χ2v) is 6.61. The maximum atomic E-state index is 12.6. The summed E-state index contributed by atoms with van der Waals surface area (Å²) in [4.78, 5) is 12.6. The fraction of sp³-hybridized carbons (Fsp3) is 0.588. The number of carbonyl (C=O) groups is 1. The van der Waals surface area contributed by atoms with Gasteiger partial charge in [0.25, 0.3) is 0 Å². The minimum Gasteiger partial charge on any atom is -0.496 e. The molecular formula is C17H23NO3. The van der Waals surface area contributed by atoms with Crippen LogP contribution >= 0.6 is 0 Å². The fourth-order valence-corrected chi connectivity index (χ4v) is 2.89. The number of benzene rings is 1. The van der Waals surface area contributed by atoms with E-state index in [1.54, 1.807) is 7.11 Å². The SMILES string of the molecule is COc1cc(C2(C(=O)NCC3(CO)CC3)CC2)ccc1C. The smallest absolute Gasteiger partial charge is 0.230 e. The molecule has 3 rings (SSSR count). The molecule has 0 heterocycles. The second-order valence-electron chi connectivity index (χ2n) is 6.61. The van der Waals surface area contributed by atoms with Crippen molar-refractivity contribution >= 4 is 5.91 Å². The van der Waals surface area contributed by atoms with Crippen molar-refractivity contribution in [3.63, 3.8) is 0 Å². The molecule has 114 valence electrons. The topological polar surface area (TPSA) is 58.6 Å². The first-order valence-electron chi connectivity index (χ1n) is 7.60. The van der Waals surface area contributed by atoms with Crippen molar-refractivity contribution in [3.05, 3.63) is 29.3 Å². The van der Waals surface area contributed by atoms with E-state index in [0.29, 0.717) is 6.54 Å². The maximum Gasteiger partial charge on any atom is 0.230 e. The molecule has 0 unspecified atom stereocenters. The Hall–Kier alpha value is -1.55. The van der Waals surface area contributed by atoms with Crippen LogP contribution in [0.25, 0.3) is 0 Å². The monoisotopic (exact) mass is 289 g/mol. The first-order chi connectivity index (χ1) is 10.1. The van der Waals surface area contributed by atoms with Gasteiger partial charge >= 0.3 is 0 Å². The third-order valence-electron chi connectivity index (χ3n) is 5.06. The summed E-state index contributed by atoms with van der Waals surface area (Å²) in [5, 5.41) is 12.4. The van der Waals surface area contributed by atoms with Gasteiger partial charge in [-0.1, -0.05) is 12.1 Å². The van der Waals surface area contributed by atoms with Crippen LogP contribution in [0.5, 0.6) is 5.75 Å². The highest BCUT2D eigenvalue weighted by Gasteiger charge is 2.52. The predicted octanol–water partition coefficient (Wildman–Crippen LogP) is 1.92. The number of ether oxygens (including phenoxy) is 1. The van der Waals surface area contributed by atoms with Gasteiger partial charge in [0, 0.05) is 12.0 Å². The van der Waals surface area contributed by atoms with Gasteiger partial charge in [-0.05, 0) is 49.8 Å². The lowest BCUT2D eigenvalue weighted by molar-refractivity contribution is -0.123. The van der Waals surface area contributed by atoms with Gasteiger partial charge in [0.05, 0.1) is 19.1 Å². The number of amides is 1. The molecule has 0 aliphatic heterocycles. The standard InChI is InChI=1S/C17H23NO3/c1-12-3-4-13(9-14(12)21-2)17(7-8-17)15(20)18-10-16(11-19)5-6-16/h3-4,9,19H,5-8,10-11H2,1-2H3,(H,18,20). The van der Waals surface area contributed by atoms with E-state index in [-0.39, 0.29) is 23.3 Å². The first-order valence-corrected chi connectivity index (χ1v) is 7.60. The van der Waals surface area contributed by atoms with Crippen molar-refractivity contribution in [2.45, 2.75) is 38.0 Å². The van der Waals surface area contributed by atoms with Crippen molar-refractivity contribution in [3.8, 4) is 5.75 Å². The summed E-state index contributed by atoms with van der Waals surface area (Å²) in [5.74, 6) is 0.925. The van der Waals surface area contributed by atoms with Crippen LogP contribution in [-0.2, 0) is 10.2 Å². The summed E-state index contributed by atoms with van der Waals surface area (Å²) in [5.41, 5.74) is 1.69. The number of aliphatic hydroxyl groups is 1. The van der Waals surface area contributed by atoms with Gasteiger partial charge in [0.2, 0.25) is 5.91 Å². The summed E-state index contributed by atoms with van der Waals surface area (Å²) in [6, 6.07) is 6.03. The molecule has 2 aliphatic carbocycles. The van der Waals surface area contributed by atoms with Gasteiger partial charge in [-0.2, -0.15) is 0 Å². The Morgan fingerprint density at radius 1 is 1.33 bits per heavy atom. The lowest BCUT2D eigenvalue weighted by atomic mass is 9.93.